The van der Waals surface area contributed by atoms with E-state index in [2.05, 4.69) is 19.2 Å². The maximum Gasteiger partial charge on any atom is 0.227 e. The molecular formula is C20H30N2O3. The van der Waals surface area contributed by atoms with Crippen molar-refractivity contribution in [2.24, 2.45) is 11.8 Å². The lowest BCUT2D eigenvalue weighted by Crippen LogP contribution is -2.41. The zero-order valence-electron chi connectivity index (χ0n) is 15.7. The molecule has 25 heavy (non-hydrogen) atoms. The molecule has 2 rings (SSSR count). The van der Waals surface area contributed by atoms with Gasteiger partial charge in [-0.1, -0.05) is 13.8 Å². The molecule has 0 radical (unpaired) electrons. The Hall–Kier alpha value is -2.04. The van der Waals surface area contributed by atoms with Crippen LogP contribution >= 0.6 is 0 Å². The zero-order chi connectivity index (χ0) is 18.4. The lowest BCUT2D eigenvalue weighted by Gasteiger charge is -2.31. The first-order valence-corrected chi connectivity index (χ1v) is 9.20. The molecule has 0 atom stereocenters. The van der Waals surface area contributed by atoms with E-state index in [0.29, 0.717) is 25.4 Å². The number of benzene rings is 1. The summed E-state index contributed by atoms with van der Waals surface area (Å²) in [5.41, 5.74) is 0.777. The highest BCUT2D eigenvalue weighted by Gasteiger charge is 2.27. The average molecular weight is 346 g/mol. The zero-order valence-corrected chi connectivity index (χ0v) is 15.7. The molecule has 1 aliphatic heterocycles. The third-order valence-corrected chi connectivity index (χ3v) is 4.29. The second-order valence-electron chi connectivity index (χ2n) is 7.43. The molecule has 2 amide bonds. The maximum absolute atomic E-state index is 12.4. The Morgan fingerprint density at radius 3 is 2.24 bits per heavy atom. The summed E-state index contributed by atoms with van der Waals surface area (Å²) < 4.78 is 5.60. The number of ether oxygens (including phenoxy) is 1. The molecule has 1 heterocycles. The van der Waals surface area contributed by atoms with E-state index < -0.39 is 0 Å². The molecule has 1 saturated heterocycles. The minimum absolute atomic E-state index is 0.0327. The van der Waals surface area contributed by atoms with Crippen LogP contribution < -0.4 is 10.1 Å². The van der Waals surface area contributed by atoms with Gasteiger partial charge in [0.15, 0.2) is 0 Å². The molecule has 0 saturated carbocycles. The van der Waals surface area contributed by atoms with Crippen molar-refractivity contribution in [2.75, 3.05) is 18.4 Å². The lowest BCUT2D eigenvalue weighted by molar-refractivity contribution is -0.135. The van der Waals surface area contributed by atoms with Gasteiger partial charge in [0.2, 0.25) is 11.8 Å². The molecule has 0 unspecified atom stereocenters. The molecule has 0 bridgehead atoms. The number of carbonyl (C=O) groups is 2. The number of anilines is 1. The van der Waals surface area contributed by atoms with Crippen LogP contribution in [-0.4, -0.2) is 35.9 Å². The summed E-state index contributed by atoms with van der Waals surface area (Å²) in [5.74, 6) is 1.37. The van der Waals surface area contributed by atoms with Gasteiger partial charge in [-0.3, -0.25) is 9.59 Å². The summed E-state index contributed by atoms with van der Waals surface area (Å²) in [6.07, 6.45) is 2.17. The smallest absolute Gasteiger partial charge is 0.227 e. The van der Waals surface area contributed by atoms with Crippen LogP contribution in [0.3, 0.4) is 0 Å². The van der Waals surface area contributed by atoms with Gasteiger partial charge >= 0.3 is 0 Å². The second kappa shape index (κ2) is 8.88. The van der Waals surface area contributed by atoms with Crippen molar-refractivity contribution in [3.63, 3.8) is 0 Å². The van der Waals surface area contributed by atoms with Crippen LogP contribution in [0.25, 0.3) is 0 Å². The summed E-state index contributed by atoms with van der Waals surface area (Å²) in [6, 6.07) is 7.44. The number of carbonyl (C=O) groups excluding carboxylic acids is 2. The monoisotopic (exact) mass is 346 g/mol. The number of amides is 2. The lowest BCUT2D eigenvalue weighted by atomic mass is 9.95. The van der Waals surface area contributed by atoms with Crippen molar-refractivity contribution in [1.29, 1.82) is 0 Å². The Morgan fingerprint density at radius 1 is 1.12 bits per heavy atom. The van der Waals surface area contributed by atoms with E-state index in [0.717, 1.165) is 24.3 Å². The average Bonchev–Trinajstić information content (AvgIpc) is 2.55. The first-order valence-electron chi connectivity index (χ1n) is 9.20. The third-order valence-electron chi connectivity index (χ3n) is 4.29. The first-order chi connectivity index (χ1) is 11.8. The Morgan fingerprint density at radius 2 is 1.72 bits per heavy atom. The molecule has 1 aliphatic rings. The van der Waals surface area contributed by atoms with Gasteiger partial charge in [-0.25, -0.2) is 0 Å². The van der Waals surface area contributed by atoms with Gasteiger partial charge in [0, 0.05) is 31.1 Å². The Labute approximate surface area is 150 Å². The molecule has 5 nitrogen and oxygen atoms in total. The van der Waals surface area contributed by atoms with Crippen molar-refractivity contribution in [3.05, 3.63) is 24.3 Å². The SMILES string of the molecule is CC(C)CC(=O)N1CCC(C(=O)Nc2ccc(OC(C)C)cc2)CC1. The molecule has 1 aromatic rings. The fraction of sp³-hybridized carbons (Fsp3) is 0.600. The summed E-state index contributed by atoms with van der Waals surface area (Å²) >= 11 is 0. The summed E-state index contributed by atoms with van der Waals surface area (Å²) in [4.78, 5) is 26.4. The topological polar surface area (TPSA) is 58.6 Å². The highest BCUT2D eigenvalue weighted by Crippen LogP contribution is 2.22. The van der Waals surface area contributed by atoms with Gasteiger partial charge in [-0.2, -0.15) is 0 Å². The number of hydrogen-bond acceptors (Lipinski definition) is 3. The highest BCUT2D eigenvalue weighted by molar-refractivity contribution is 5.92. The number of nitrogens with one attached hydrogen (secondary N) is 1. The van der Waals surface area contributed by atoms with Crippen LogP contribution in [0.15, 0.2) is 24.3 Å². The molecular weight excluding hydrogens is 316 g/mol. The normalized spacial score (nSPS) is 15.5. The molecule has 1 aromatic carbocycles. The van der Waals surface area contributed by atoms with Gasteiger partial charge in [0.25, 0.3) is 0 Å². The molecule has 0 aromatic heterocycles. The van der Waals surface area contributed by atoms with Crippen LogP contribution in [0, 0.1) is 11.8 Å². The Bertz CT molecular complexity index is 573. The standard InChI is InChI=1S/C20H30N2O3/c1-14(2)13-19(23)22-11-9-16(10-12-22)20(24)21-17-5-7-18(8-6-17)25-15(3)4/h5-8,14-16H,9-13H2,1-4H3,(H,21,24). The van der Waals surface area contributed by atoms with Crippen LogP contribution in [0.1, 0.15) is 47.0 Å². The molecule has 1 N–H and O–H groups in total. The van der Waals surface area contributed by atoms with Gasteiger partial charge in [0.1, 0.15) is 5.75 Å². The van der Waals surface area contributed by atoms with Crippen LogP contribution in [-0.2, 0) is 9.59 Å². The fourth-order valence-corrected chi connectivity index (χ4v) is 3.00. The number of piperidine rings is 1. The molecule has 5 heteroatoms. The van der Waals surface area contributed by atoms with Crippen LogP contribution in [0.5, 0.6) is 5.75 Å². The molecule has 0 spiro atoms. The van der Waals surface area contributed by atoms with Crippen molar-refractivity contribution in [2.45, 2.75) is 53.1 Å². The van der Waals surface area contributed by atoms with E-state index in [9.17, 15) is 9.59 Å². The summed E-state index contributed by atoms with van der Waals surface area (Å²) in [7, 11) is 0. The van der Waals surface area contributed by atoms with E-state index >= 15 is 0 Å². The van der Waals surface area contributed by atoms with Crippen molar-refractivity contribution in [1.82, 2.24) is 4.90 Å². The molecule has 138 valence electrons. The number of rotatable bonds is 6. The van der Waals surface area contributed by atoms with Crippen LogP contribution in [0.2, 0.25) is 0 Å². The van der Waals surface area contributed by atoms with Crippen molar-refractivity contribution < 1.29 is 14.3 Å². The minimum Gasteiger partial charge on any atom is -0.491 e. The van der Waals surface area contributed by atoms with Gasteiger partial charge in [-0.05, 0) is 56.9 Å². The molecule has 0 aliphatic carbocycles. The predicted octanol–water partition coefficient (Wildman–Crippen LogP) is 3.70. The van der Waals surface area contributed by atoms with Crippen LogP contribution in [0.4, 0.5) is 5.69 Å². The van der Waals surface area contributed by atoms with Crippen molar-refractivity contribution in [3.8, 4) is 5.75 Å². The number of hydrogen-bond donors (Lipinski definition) is 1. The molecule has 1 fully saturated rings. The van der Waals surface area contributed by atoms with E-state index in [1.54, 1.807) is 0 Å². The third kappa shape index (κ3) is 6.07. The quantitative estimate of drug-likeness (QED) is 0.854. The largest absolute Gasteiger partial charge is 0.491 e. The minimum atomic E-state index is -0.0327. The van der Waals surface area contributed by atoms with Gasteiger partial charge in [-0.15, -0.1) is 0 Å². The summed E-state index contributed by atoms with van der Waals surface area (Å²) in [6.45, 7) is 9.41. The highest BCUT2D eigenvalue weighted by atomic mass is 16.5. The summed E-state index contributed by atoms with van der Waals surface area (Å²) in [5, 5.41) is 2.97. The predicted molar refractivity (Wildman–Crippen MR) is 99.6 cm³/mol. The number of likely N-dealkylation sites (tertiary alicyclic amines) is 1. The second-order valence-corrected chi connectivity index (χ2v) is 7.43. The van der Waals surface area contributed by atoms with Gasteiger partial charge < -0.3 is 15.0 Å². The van der Waals surface area contributed by atoms with Crippen molar-refractivity contribution >= 4 is 17.5 Å². The maximum atomic E-state index is 12.4. The van der Waals surface area contributed by atoms with E-state index in [1.165, 1.54) is 0 Å². The van der Waals surface area contributed by atoms with E-state index in [4.69, 9.17) is 4.74 Å². The Balaban J connectivity index is 1.81. The first kappa shape index (κ1) is 19.3. The Kier molecular flexibility index (Phi) is 6.85. The number of nitrogens with zero attached hydrogens (tertiary/aromatic N) is 1. The van der Waals surface area contributed by atoms with Gasteiger partial charge in [0.05, 0.1) is 6.10 Å². The fourth-order valence-electron chi connectivity index (χ4n) is 3.00. The van der Waals surface area contributed by atoms with E-state index in [-0.39, 0.29) is 23.8 Å². The van der Waals surface area contributed by atoms with E-state index in [1.807, 2.05) is 43.0 Å².